The van der Waals surface area contributed by atoms with E-state index in [0.717, 1.165) is 12.2 Å². The van der Waals surface area contributed by atoms with Crippen molar-refractivity contribution in [1.82, 2.24) is 9.47 Å². The van der Waals surface area contributed by atoms with E-state index in [1.807, 2.05) is 62.1 Å². The van der Waals surface area contributed by atoms with Crippen molar-refractivity contribution in [2.75, 3.05) is 0 Å². The molecule has 0 aliphatic carbocycles. The van der Waals surface area contributed by atoms with E-state index in [0.29, 0.717) is 17.1 Å². The molecule has 0 aliphatic rings. The highest BCUT2D eigenvalue weighted by molar-refractivity contribution is 6.33. The summed E-state index contributed by atoms with van der Waals surface area (Å²) >= 11 is 6.28. The summed E-state index contributed by atoms with van der Waals surface area (Å²) in [4.78, 5) is 15.1. The van der Waals surface area contributed by atoms with E-state index in [2.05, 4.69) is 29.0 Å². The minimum absolute atomic E-state index is 0.0550. The molecule has 0 aliphatic heterocycles. The molecular weight excluding hydrogens is 356 g/mol. The maximum atomic E-state index is 13.2. The number of hydrogen-bond donors (Lipinski definition) is 0. The van der Waals surface area contributed by atoms with Gasteiger partial charge in [0.05, 0.1) is 17.1 Å². The van der Waals surface area contributed by atoms with Gasteiger partial charge in [-0.25, -0.2) is 0 Å². The van der Waals surface area contributed by atoms with E-state index in [4.69, 9.17) is 11.6 Å². The third-order valence-corrected chi connectivity index (χ3v) is 4.93. The molecule has 0 radical (unpaired) electrons. The summed E-state index contributed by atoms with van der Waals surface area (Å²) in [5.41, 5.74) is 2.53. The number of halogens is 1. The molecule has 3 rings (SSSR count). The van der Waals surface area contributed by atoms with Gasteiger partial charge in [0.25, 0.3) is 5.91 Å². The molecule has 0 fully saturated rings. The van der Waals surface area contributed by atoms with Gasteiger partial charge in [-0.05, 0) is 50.6 Å². The molecular formula is C23H25ClN2O. The maximum absolute atomic E-state index is 13.2. The maximum Gasteiger partial charge on any atom is 0.256 e. The molecule has 0 atom stereocenters. The van der Waals surface area contributed by atoms with Crippen LogP contribution in [0.4, 0.5) is 0 Å². The van der Waals surface area contributed by atoms with Crippen molar-refractivity contribution in [2.45, 2.75) is 39.4 Å². The highest BCUT2D eigenvalue weighted by Gasteiger charge is 2.29. The first-order valence-electron chi connectivity index (χ1n) is 9.11. The number of hydrogen-bond acceptors (Lipinski definition) is 1. The zero-order valence-corrected chi connectivity index (χ0v) is 16.8. The Morgan fingerprint density at radius 2 is 1.63 bits per heavy atom. The number of carbonyl (C=O) groups excluding carboxylic acids is 1. The van der Waals surface area contributed by atoms with Crippen molar-refractivity contribution < 1.29 is 4.79 Å². The van der Waals surface area contributed by atoms with Crippen LogP contribution in [0.15, 0.2) is 72.9 Å². The fourth-order valence-corrected chi connectivity index (χ4v) is 3.30. The van der Waals surface area contributed by atoms with Crippen LogP contribution in [-0.4, -0.2) is 20.9 Å². The van der Waals surface area contributed by atoms with Gasteiger partial charge in [-0.3, -0.25) is 4.79 Å². The number of amides is 1. The lowest BCUT2D eigenvalue weighted by molar-refractivity contribution is 0.0552. The summed E-state index contributed by atoms with van der Waals surface area (Å²) in [6, 6.07) is 21.6. The Bertz CT molecular complexity index is 909. The number of aromatic nitrogens is 1. The third-order valence-electron chi connectivity index (χ3n) is 4.60. The molecule has 140 valence electrons. The zero-order valence-electron chi connectivity index (χ0n) is 16.0. The van der Waals surface area contributed by atoms with Crippen molar-refractivity contribution in [3.05, 3.63) is 94.8 Å². The Morgan fingerprint density at radius 3 is 2.30 bits per heavy atom. The van der Waals surface area contributed by atoms with Crippen LogP contribution in [0.25, 0.3) is 0 Å². The van der Waals surface area contributed by atoms with Gasteiger partial charge in [0, 0.05) is 24.0 Å². The zero-order chi connectivity index (χ0) is 19.4. The van der Waals surface area contributed by atoms with Gasteiger partial charge in [-0.15, -0.1) is 0 Å². The minimum atomic E-state index is -0.335. The second kappa shape index (κ2) is 8.01. The van der Waals surface area contributed by atoms with Crippen LogP contribution < -0.4 is 0 Å². The molecule has 1 aromatic heterocycles. The molecule has 4 heteroatoms. The first-order valence-corrected chi connectivity index (χ1v) is 9.48. The molecule has 2 aromatic carbocycles. The quantitative estimate of drug-likeness (QED) is 0.563. The van der Waals surface area contributed by atoms with Gasteiger partial charge in [0.1, 0.15) is 0 Å². The first kappa shape index (κ1) is 19.2. The second-order valence-electron chi connectivity index (χ2n) is 7.65. The summed E-state index contributed by atoms with van der Waals surface area (Å²) in [6.07, 6.45) is 2.06. The van der Waals surface area contributed by atoms with E-state index in [9.17, 15) is 4.79 Å². The Kier molecular flexibility index (Phi) is 5.71. The fourth-order valence-electron chi connectivity index (χ4n) is 3.08. The average Bonchev–Trinajstić information content (AvgIpc) is 3.06. The smallest absolute Gasteiger partial charge is 0.256 e. The number of rotatable bonds is 5. The lowest BCUT2D eigenvalue weighted by atomic mass is 10.0. The fraction of sp³-hybridized carbons (Fsp3) is 0.261. The SMILES string of the molecule is CC(C)(C)N(Cc1cccn1Cc1ccccc1)C(=O)c1ccccc1Cl. The highest BCUT2D eigenvalue weighted by atomic mass is 35.5. The van der Waals surface area contributed by atoms with Gasteiger partial charge < -0.3 is 9.47 Å². The standard InChI is InChI=1S/C23H25ClN2O/c1-23(2,3)26(22(27)20-13-7-8-14-21(20)24)17-19-12-9-15-25(19)16-18-10-5-4-6-11-18/h4-15H,16-17H2,1-3H3. The summed E-state index contributed by atoms with van der Waals surface area (Å²) in [6.45, 7) is 7.44. The molecule has 0 bridgehead atoms. The summed E-state index contributed by atoms with van der Waals surface area (Å²) in [5.74, 6) is -0.0550. The molecule has 0 saturated carbocycles. The monoisotopic (exact) mass is 380 g/mol. The number of nitrogens with zero attached hydrogens (tertiary/aromatic N) is 2. The lowest BCUT2D eigenvalue weighted by Gasteiger charge is -2.36. The van der Waals surface area contributed by atoms with E-state index >= 15 is 0 Å². The minimum Gasteiger partial charge on any atom is -0.345 e. The van der Waals surface area contributed by atoms with E-state index in [1.165, 1.54) is 5.56 Å². The molecule has 3 aromatic rings. The van der Waals surface area contributed by atoms with E-state index in [-0.39, 0.29) is 11.4 Å². The Balaban J connectivity index is 1.88. The van der Waals surface area contributed by atoms with Crippen LogP contribution >= 0.6 is 11.6 Å². The molecule has 3 nitrogen and oxygen atoms in total. The van der Waals surface area contributed by atoms with Gasteiger partial charge in [-0.2, -0.15) is 0 Å². The van der Waals surface area contributed by atoms with Crippen LogP contribution in [0.2, 0.25) is 5.02 Å². The van der Waals surface area contributed by atoms with Crippen molar-refractivity contribution in [3.63, 3.8) is 0 Å². The Labute approximate surface area is 166 Å². The largest absolute Gasteiger partial charge is 0.345 e. The van der Waals surface area contributed by atoms with E-state index < -0.39 is 0 Å². The summed E-state index contributed by atoms with van der Waals surface area (Å²) in [5, 5.41) is 0.483. The van der Waals surface area contributed by atoms with E-state index in [1.54, 1.807) is 12.1 Å². The highest BCUT2D eigenvalue weighted by Crippen LogP contribution is 2.25. The predicted molar refractivity (Wildman–Crippen MR) is 111 cm³/mol. The molecule has 0 spiro atoms. The van der Waals surface area contributed by atoms with Gasteiger partial charge in [0.15, 0.2) is 0 Å². The van der Waals surface area contributed by atoms with Crippen molar-refractivity contribution in [3.8, 4) is 0 Å². The molecule has 1 heterocycles. The number of carbonyl (C=O) groups is 1. The normalized spacial score (nSPS) is 11.4. The predicted octanol–water partition coefficient (Wildman–Crippen LogP) is 5.63. The van der Waals surface area contributed by atoms with Crippen LogP contribution in [0.3, 0.4) is 0 Å². The summed E-state index contributed by atoms with van der Waals surface area (Å²) < 4.78 is 2.19. The van der Waals surface area contributed by atoms with Crippen LogP contribution in [0, 0.1) is 0 Å². The van der Waals surface area contributed by atoms with Crippen molar-refractivity contribution >= 4 is 17.5 Å². The first-order chi connectivity index (χ1) is 12.9. The molecule has 0 unspecified atom stereocenters. The molecule has 0 saturated heterocycles. The third kappa shape index (κ3) is 4.61. The molecule has 0 N–H and O–H groups in total. The number of benzene rings is 2. The topological polar surface area (TPSA) is 25.2 Å². The van der Waals surface area contributed by atoms with Gasteiger partial charge in [-0.1, -0.05) is 54.1 Å². The van der Waals surface area contributed by atoms with Crippen LogP contribution in [-0.2, 0) is 13.1 Å². The van der Waals surface area contributed by atoms with Crippen molar-refractivity contribution in [2.24, 2.45) is 0 Å². The second-order valence-corrected chi connectivity index (χ2v) is 8.06. The Morgan fingerprint density at radius 1 is 0.963 bits per heavy atom. The Hall–Kier alpha value is -2.52. The summed E-state index contributed by atoms with van der Waals surface area (Å²) in [7, 11) is 0. The average molecular weight is 381 g/mol. The van der Waals surface area contributed by atoms with Gasteiger partial charge >= 0.3 is 0 Å². The molecule has 1 amide bonds. The lowest BCUT2D eigenvalue weighted by Crippen LogP contribution is -2.45. The van der Waals surface area contributed by atoms with Gasteiger partial charge in [0.2, 0.25) is 0 Å². The van der Waals surface area contributed by atoms with Crippen LogP contribution in [0.5, 0.6) is 0 Å². The van der Waals surface area contributed by atoms with Crippen molar-refractivity contribution in [1.29, 1.82) is 0 Å². The van der Waals surface area contributed by atoms with Crippen LogP contribution in [0.1, 0.15) is 42.4 Å². The molecule has 27 heavy (non-hydrogen) atoms.